The van der Waals surface area contributed by atoms with E-state index < -0.39 is 8.07 Å². The van der Waals surface area contributed by atoms with E-state index in [1.54, 1.807) is 0 Å². The van der Waals surface area contributed by atoms with Crippen molar-refractivity contribution < 1.29 is 4.57 Å². The van der Waals surface area contributed by atoms with Gasteiger partial charge in [0.25, 0.3) is 0 Å². The number of aromatic nitrogens is 1. The van der Waals surface area contributed by atoms with Crippen molar-refractivity contribution in [1.82, 2.24) is 0 Å². The lowest BCUT2D eigenvalue weighted by Crippen LogP contribution is -2.42. The molecular weight excluding hydrogens is 246 g/mol. The molecule has 1 aromatic carbocycles. The quantitative estimate of drug-likeness (QED) is 0.582. The predicted molar refractivity (Wildman–Crippen MR) is 85.5 cm³/mol. The predicted octanol–water partition coefficient (Wildman–Crippen LogP) is 3.34. The second kappa shape index (κ2) is 4.93. The van der Waals surface area contributed by atoms with Crippen molar-refractivity contribution in [3.8, 4) is 11.3 Å². The van der Waals surface area contributed by atoms with Crippen LogP contribution in [0.25, 0.3) is 11.3 Å². The number of aryl methyl sites for hydroxylation is 3. The van der Waals surface area contributed by atoms with Crippen molar-refractivity contribution in [1.29, 1.82) is 0 Å². The fourth-order valence-electron chi connectivity index (χ4n) is 2.40. The van der Waals surface area contributed by atoms with Gasteiger partial charge in [-0.15, -0.1) is 0 Å². The Kier molecular flexibility index (Phi) is 3.63. The molecular formula is C17H24NSi+. The van der Waals surface area contributed by atoms with Gasteiger partial charge in [0.1, 0.15) is 7.05 Å². The van der Waals surface area contributed by atoms with Gasteiger partial charge in [-0.2, -0.15) is 0 Å². The minimum Gasteiger partial charge on any atom is -0.201 e. The van der Waals surface area contributed by atoms with Crippen molar-refractivity contribution >= 4 is 13.3 Å². The first-order valence-electron chi connectivity index (χ1n) is 6.87. The third-order valence-corrected chi connectivity index (χ3v) is 5.72. The summed E-state index contributed by atoms with van der Waals surface area (Å²) in [6.45, 7) is 11.5. The van der Waals surface area contributed by atoms with Crippen LogP contribution in [0, 0.1) is 13.8 Å². The smallest absolute Gasteiger partial charge is 0.201 e. The van der Waals surface area contributed by atoms with Crippen LogP contribution in [-0.4, -0.2) is 8.07 Å². The van der Waals surface area contributed by atoms with E-state index in [1.165, 1.54) is 27.6 Å². The first-order valence-corrected chi connectivity index (χ1v) is 10.4. The lowest BCUT2D eigenvalue weighted by molar-refractivity contribution is -0.660. The molecule has 100 valence electrons. The summed E-state index contributed by atoms with van der Waals surface area (Å²) < 4.78 is 2.22. The zero-order valence-electron chi connectivity index (χ0n) is 12.9. The topological polar surface area (TPSA) is 3.88 Å². The van der Waals surface area contributed by atoms with Crippen LogP contribution >= 0.6 is 0 Å². The van der Waals surface area contributed by atoms with Gasteiger partial charge in [0, 0.05) is 17.7 Å². The largest absolute Gasteiger partial charge is 0.212 e. The van der Waals surface area contributed by atoms with Crippen molar-refractivity contribution in [3.05, 3.63) is 47.7 Å². The Morgan fingerprint density at radius 1 is 0.947 bits per heavy atom. The van der Waals surface area contributed by atoms with E-state index in [-0.39, 0.29) is 0 Å². The summed E-state index contributed by atoms with van der Waals surface area (Å²) in [5.74, 6) is 0. The molecule has 0 spiro atoms. The summed E-state index contributed by atoms with van der Waals surface area (Å²) in [6, 6.07) is 11.4. The van der Waals surface area contributed by atoms with E-state index in [1.807, 2.05) is 0 Å². The fourth-order valence-corrected chi connectivity index (χ4v) is 3.55. The first kappa shape index (κ1) is 14.0. The fraction of sp³-hybridized carbons (Fsp3) is 0.353. The average molecular weight is 270 g/mol. The maximum absolute atomic E-state index is 2.40. The van der Waals surface area contributed by atoms with E-state index >= 15 is 0 Å². The molecule has 1 nitrogen and oxygen atoms in total. The minimum absolute atomic E-state index is 1.26. The molecule has 2 rings (SSSR count). The summed E-state index contributed by atoms with van der Waals surface area (Å²) in [4.78, 5) is 0. The molecule has 1 aromatic heterocycles. The van der Waals surface area contributed by atoms with Gasteiger partial charge in [-0.1, -0.05) is 37.3 Å². The molecule has 0 bridgehead atoms. The second-order valence-corrected chi connectivity index (χ2v) is 11.6. The van der Waals surface area contributed by atoms with Crippen LogP contribution < -0.4 is 9.75 Å². The molecule has 1 heterocycles. The van der Waals surface area contributed by atoms with Crippen molar-refractivity contribution in [2.24, 2.45) is 7.05 Å². The number of benzene rings is 1. The van der Waals surface area contributed by atoms with Gasteiger partial charge in [-0.3, -0.25) is 0 Å². The van der Waals surface area contributed by atoms with E-state index in [0.717, 1.165) is 0 Å². The zero-order chi connectivity index (χ0) is 14.2. The standard InChI is InChI=1S/C17H24NSi/c1-13-7-8-16(14(2)11-13)17-12-15(19(4,5)6)9-10-18(17)3/h7-12H,1-6H3/q+1. The Morgan fingerprint density at radius 2 is 1.63 bits per heavy atom. The van der Waals surface area contributed by atoms with E-state index in [2.05, 4.69) is 81.6 Å². The highest BCUT2D eigenvalue weighted by atomic mass is 28.3. The Labute approximate surface area is 117 Å². The number of rotatable bonds is 2. The van der Waals surface area contributed by atoms with Crippen molar-refractivity contribution in [2.75, 3.05) is 0 Å². The molecule has 0 atom stereocenters. The van der Waals surface area contributed by atoms with Crippen LogP contribution in [-0.2, 0) is 7.05 Å². The van der Waals surface area contributed by atoms with E-state index in [4.69, 9.17) is 0 Å². The Balaban J connectivity index is 2.61. The molecule has 0 unspecified atom stereocenters. The van der Waals surface area contributed by atoms with Crippen molar-refractivity contribution in [3.63, 3.8) is 0 Å². The van der Waals surface area contributed by atoms with E-state index in [9.17, 15) is 0 Å². The number of hydrogen-bond donors (Lipinski definition) is 0. The molecule has 0 aliphatic heterocycles. The Morgan fingerprint density at radius 3 is 2.21 bits per heavy atom. The molecule has 0 N–H and O–H groups in total. The van der Waals surface area contributed by atoms with Gasteiger partial charge in [0.05, 0.1) is 8.07 Å². The first-order chi connectivity index (χ1) is 8.79. The summed E-state index contributed by atoms with van der Waals surface area (Å²) >= 11 is 0. The van der Waals surface area contributed by atoms with Gasteiger partial charge in [0.2, 0.25) is 5.69 Å². The molecule has 0 fully saturated rings. The number of pyridine rings is 1. The van der Waals surface area contributed by atoms with E-state index in [0.29, 0.717) is 0 Å². The van der Waals surface area contributed by atoms with Crippen LogP contribution in [0.5, 0.6) is 0 Å². The van der Waals surface area contributed by atoms with Crippen LogP contribution in [0.15, 0.2) is 36.5 Å². The van der Waals surface area contributed by atoms with Crippen LogP contribution in [0.1, 0.15) is 11.1 Å². The highest BCUT2D eigenvalue weighted by Gasteiger charge is 2.21. The molecule has 0 saturated carbocycles. The molecule has 0 aliphatic rings. The molecule has 0 saturated heterocycles. The normalized spacial score (nSPS) is 11.7. The SMILES string of the molecule is Cc1ccc(-c2cc([Si](C)(C)C)cc[n+]2C)c(C)c1. The highest BCUT2D eigenvalue weighted by Crippen LogP contribution is 2.21. The summed E-state index contributed by atoms with van der Waals surface area (Å²) in [6.07, 6.45) is 2.20. The molecule has 2 aromatic rings. The molecule has 0 radical (unpaired) electrons. The molecule has 0 aliphatic carbocycles. The maximum Gasteiger partial charge on any atom is 0.212 e. The van der Waals surface area contributed by atoms with Crippen LogP contribution in [0.4, 0.5) is 0 Å². The van der Waals surface area contributed by atoms with Gasteiger partial charge >= 0.3 is 0 Å². The number of nitrogens with zero attached hydrogens (tertiary/aromatic N) is 1. The van der Waals surface area contributed by atoms with Crippen LogP contribution in [0.2, 0.25) is 19.6 Å². The number of hydrogen-bond acceptors (Lipinski definition) is 0. The summed E-state index contributed by atoms with van der Waals surface area (Å²) in [5.41, 5.74) is 5.33. The van der Waals surface area contributed by atoms with Gasteiger partial charge in [-0.05, 0) is 30.7 Å². The van der Waals surface area contributed by atoms with Gasteiger partial charge < -0.3 is 0 Å². The monoisotopic (exact) mass is 270 g/mol. The third kappa shape index (κ3) is 2.95. The summed E-state index contributed by atoms with van der Waals surface area (Å²) in [5, 5.41) is 1.51. The lowest BCUT2D eigenvalue weighted by Gasteiger charge is -2.16. The second-order valence-electron chi connectivity index (χ2n) is 6.48. The Bertz CT molecular complexity index is 609. The molecule has 0 amide bonds. The molecule has 2 heteroatoms. The Hall–Kier alpha value is -1.41. The highest BCUT2D eigenvalue weighted by molar-refractivity contribution is 6.88. The third-order valence-electron chi connectivity index (χ3n) is 3.67. The summed E-state index contributed by atoms with van der Waals surface area (Å²) in [7, 11) is 0.865. The van der Waals surface area contributed by atoms with Gasteiger partial charge in [-0.25, -0.2) is 4.57 Å². The van der Waals surface area contributed by atoms with Crippen LogP contribution in [0.3, 0.4) is 0 Å². The lowest BCUT2D eigenvalue weighted by atomic mass is 10.0. The molecule has 19 heavy (non-hydrogen) atoms. The maximum atomic E-state index is 2.40. The van der Waals surface area contributed by atoms with Gasteiger partial charge in [0.15, 0.2) is 6.20 Å². The zero-order valence-corrected chi connectivity index (χ0v) is 13.9. The van der Waals surface area contributed by atoms with Crippen molar-refractivity contribution in [2.45, 2.75) is 33.5 Å². The average Bonchev–Trinajstić information content (AvgIpc) is 2.29. The minimum atomic E-state index is -1.26.